The molecule has 2 aromatic heterocycles. The predicted molar refractivity (Wildman–Crippen MR) is 91.8 cm³/mol. The second-order valence-electron chi connectivity index (χ2n) is 5.07. The van der Waals surface area contributed by atoms with Gasteiger partial charge in [-0.05, 0) is 35.8 Å². The van der Waals surface area contributed by atoms with Crippen LogP contribution in [0.2, 0.25) is 0 Å². The van der Waals surface area contributed by atoms with Gasteiger partial charge in [-0.15, -0.1) is 0 Å². The first-order valence-corrected chi connectivity index (χ1v) is 8.09. The van der Waals surface area contributed by atoms with Crippen molar-refractivity contribution in [2.45, 2.75) is 20.4 Å². The van der Waals surface area contributed by atoms with Gasteiger partial charge in [0.15, 0.2) is 0 Å². The summed E-state index contributed by atoms with van der Waals surface area (Å²) in [6.45, 7) is 4.37. The molecule has 0 spiro atoms. The molecular weight excluding hydrogens is 380 g/mol. The van der Waals surface area contributed by atoms with Crippen molar-refractivity contribution in [1.82, 2.24) is 14.5 Å². The van der Waals surface area contributed by atoms with Crippen molar-refractivity contribution in [2.24, 2.45) is 5.73 Å². The van der Waals surface area contributed by atoms with Crippen LogP contribution in [0.1, 0.15) is 24.2 Å². The minimum absolute atomic E-state index is 0.154. The van der Waals surface area contributed by atoms with Crippen LogP contribution < -0.4 is 11.3 Å². The summed E-state index contributed by atoms with van der Waals surface area (Å²) in [7, 11) is 0. The van der Waals surface area contributed by atoms with E-state index in [1.165, 1.54) is 6.07 Å². The van der Waals surface area contributed by atoms with Crippen molar-refractivity contribution in [2.75, 3.05) is 13.1 Å². The minimum atomic E-state index is -0.916. The Morgan fingerprint density at radius 3 is 2.54 bits per heavy atom. The molecule has 24 heavy (non-hydrogen) atoms. The van der Waals surface area contributed by atoms with E-state index in [1.807, 2.05) is 13.8 Å². The summed E-state index contributed by atoms with van der Waals surface area (Å²) in [6.07, 6.45) is 1.16. The van der Waals surface area contributed by atoms with Crippen LogP contribution >= 0.6 is 15.9 Å². The standard InChI is InChI=1S/C15H17BrN4O4/c1-3-19(4-2)11(22)7-20-14-8(12(16)10(21)6-18-14)5-9(13(17)23)15(20)24/h5-6,21H,3-4,7H2,1-2H3,(H2,17,23). The number of hydrogen-bond acceptors (Lipinski definition) is 5. The van der Waals surface area contributed by atoms with E-state index in [-0.39, 0.29) is 33.9 Å². The number of aromatic hydroxyl groups is 1. The summed E-state index contributed by atoms with van der Waals surface area (Å²) >= 11 is 3.19. The number of fused-ring (bicyclic) bond motifs is 1. The first-order valence-electron chi connectivity index (χ1n) is 7.30. The molecule has 0 aliphatic carbocycles. The van der Waals surface area contributed by atoms with Crippen molar-refractivity contribution >= 4 is 38.8 Å². The number of aromatic nitrogens is 2. The van der Waals surface area contributed by atoms with Gasteiger partial charge < -0.3 is 15.7 Å². The molecule has 0 aliphatic heterocycles. The van der Waals surface area contributed by atoms with Crippen LogP contribution in [-0.4, -0.2) is 44.5 Å². The number of nitrogens with zero attached hydrogens (tertiary/aromatic N) is 3. The summed E-state index contributed by atoms with van der Waals surface area (Å²) < 4.78 is 1.36. The van der Waals surface area contributed by atoms with Crippen LogP contribution in [0.4, 0.5) is 0 Å². The maximum atomic E-state index is 12.5. The van der Waals surface area contributed by atoms with E-state index in [9.17, 15) is 19.5 Å². The molecule has 2 heterocycles. The van der Waals surface area contributed by atoms with E-state index in [1.54, 1.807) is 4.90 Å². The number of rotatable bonds is 5. The van der Waals surface area contributed by atoms with E-state index in [0.29, 0.717) is 18.5 Å². The Balaban J connectivity index is 2.73. The Labute approximate surface area is 146 Å². The smallest absolute Gasteiger partial charge is 0.265 e. The number of carbonyl (C=O) groups excluding carboxylic acids is 2. The van der Waals surface area contributed by atoms with Gasteiger partial charge in [0.25, 0.3) is 11.5 Å². The molecule has 0 aromatic carbocycles. The molecule has 0 saturated carbocycles. The highest BCUT2D eigenvalue weighted by Gasteiger charge is 2.20. The fourth-order valence-electron chi connectivity index (χ4n) is 2.41. The number of likely N-dealkylation sites (N-methyl/N-ethyl adjacent to an activating group) is 1. The number of nitrogens with two attached hydrogens (primary N) is 1. The summed E-state index contributed by atoms with van der Waals surface area (Å²) in [5, 5.41) is 10.1. The van der Waals surface area contributed by atoms with Crippen LogP contribution in [0, 0.1) is 0 Å². The van der Waals surface area contributed by atoms with Crippen molar-refractivity contribution < 1.29 is 14.7 Å². The zero-order chi connectivity index (χ0) is 18.0. The minimum Gasteiger partial charge on any atom is -0.505 e. The van der Waals surface area contributed by atoms with Gasteiger partial charge in [-0.1, -0.05) is 0 Å². The molecule has 128 valence electrons. The van der Waals surface area contributed by atoms with Crippen molar-refractivity contribution in [3.05, 3.63) is 32.7 Å². The largest absolute Gasteiger partial charge is 0.505 e. The van der Waals surface area contributed by atoms with E-state index in [4.69, 9.17) is 5.73 Å². The highest BCUT2D eigenvalue weighted by Crippen LogP contribution is 2.30. The number of amides is 2. The predicted octanol–water partition coefficient (Wildman–Crippen LogP) is 0.832. The highest BCUT2D eigenvalue weighted by molar-refractivity contribution is 9.10. The molecule has 2 aromatic rings. The van der Waals surface area contributed by atoms with Crippen molar-refractivity contribution in [3.8, 4) is 5.75 Å². The number of carbonyl (C=O) groups is 2. The zero-order valence-corrected chi connectivity index (χ0v) is 14.8. The third-order valence-electron chi connectivity index (χ3n) is 3.71. The Bertz CT molecular complexity index is 874. The van der Waals surface area contributed by atoms with Gasteiger partial charge in [-0.25, -0.2) is 4.98 Å². The number of primary amides is 1. The van der Waals surface area contributed by atoms with Gasteiger partial charge in [0.05, 0.1) is 10.7 Å². The maximum absolute atomic E-state index is 12.5. The van der Waals surface area contributed by atoms with Gasteiger partial charge >= 0.3 is 0 Å². The summed E-state index contributed by atoms with van der Waals surface area (Å²) in [5.41, 5.74) is 4.47. The van der Waals surface area contributed by atoms with Crippen LogP contribution in [0.3, 0.4) is 0 Å². The lowest BCUT2D eigenvalue weighted by Crippen LogP contribution is -2.38. The van der Waals surface area contributed by atoms with Crippen molar-refractivity contribution in [1.29, 1.82) is 0 Å². The van der Waals surface area contributed by atoms with Gasteiger partial charge in [-0.3, -0.25) is 19.0 Å². The molecule has 9 heteroatoms. The molecule has 0 bridgehead atoms. The molecule has 0 unspecified atom stereocenters. The monoisotopic (exact) mass is 396 g/mol. The Morgan fingerprint density at radius 2 is 2.00 bits per heavy atom. The second kappa shape index (κ2) is 7.00. The highest BCUT2D eigenvalue weighted by atomic mass is 79.9. The summed E-state index contributed by atoms with van der Waals surface area (Å²) in [4.78, 5) is 42.0. The molecular formula is C15H17BrN4O4. The lowest BCUT2D eigenvalue weighted by atomic mass is 10.2. The number of halogens is 1. The molecule has 0 atom stereocenters. The molecule has 3 N–H and O–H groups in total. The molecule has 0 radical (unpaired) electrons. The number of pyridine rings is 2. The van der Waals surface area contributed by atoms with Gasteiger partial charge in [0.1, 0.15) is 23.5 Å². The van der Waals surface area contributed by atoms with Gasteiger partial charge in [0.2, 0.25) is 5.91 Å². The van der Waals surface area contributed by atoms with E-state index < -0.39 is 11.5 Å². The molecule has 0 aliphatic rings. The van der Waals surface area contributed by atoms with E-state index >= 15 is 0 Å². The molecule has 8 nitrogen and oxygen atoms in total. The third-order valence-corrected chi connectivity index (χ3v) is 4.54. The quantitative estimate of drug-likeness (QED) is 0.775. The van der Waals surface area contributed by atoms with Crippen LogP contribution in [0.5, 0.6) is 5.75 Å². The Hall–Kier alpha value is -2.42. The van der Waals surface area contributed by atoms with Crippen LogP contribution in [0.15, 0.2) is 21.5 Å². The van der Waals surface area contributed by atoms with Crippen molar-refractivity contribution in [3.63, 3.8) is 0 Å². The normalized spacial score (nSPS) is 10.8. The van der Waals surface area contributed by atoms with Gasteiger partial charge in [-0.2, -0.15) is 0 Å². The first-order chi connectivity index (χ1) is 11.3. The SMILES string of the molecule is CCN(CC)C(=O)Cn1c(=O)c(C(N)=O)cc2c(Br)c(O)cnc21. The molecule has 0 fully saturated rings. The summed E-state index contributed by atoms with van der Waals surface area (Å²) in [6, 6.07) is 1.26. The van der Waals surface area contributed by atoms with E-state index in [2.05, 4.69) is 20.9 Å². The fraction of sp³-hybridized carbons (Fsp3) is 0.333. The second-order valence-corrected chi connectivity index (χ2v) is 5.87. The maximum Gasteiger partial charge on any atom is 0.265 e. The summed E-state index contributed by atoms with van der Waals surface area (Å²) in [5.74, 6) is -1.35. The zero-order valence-electron chi connectivity index (χ0n) is 13.2. The molecule has 2 rings (SSSR count). The topological polar surface area (TPSA) is 119 Å². The van der Waals surface area contributed by atoms with Crippen LogP contribution in [-0.2, 0) is 11.3 Å². The van der Waals surface area contributed by atoms with Gasteiger partial charge in [0, 0.05) is 18.5 Å². The molecule has 0 saturated heterocycles. The average molecular weight is 397 g/mol. The fourth-order valence-corrected chi connectivity index (χ4v) is 2.80. The molecule has 2 amide bonds. The first kappa shape index (κ1) is 17.9. The lowest BCUT2D eigenvalue weighted by molar-refractivity contribution is -0.131. The Morgan fingerprint density at radius 1 is 1.38 bits per heavy atom. The average Bonchev–Trinajstić information content (AvgIpc) is 2.54. The number of hydrogen-bond donors (Lipinski definition) is 2. The lowest BCUT2D eigenvalue weighted by Gasteiger charge is -2.20. The van der Waals surface area contributed by atoms with E-state index in [0.717, 1.165) is 10.8 Å². The third kappa shape index (κ3) is 3.12. The Kier molecular flexibility index (Phi) is 5.23. The van der Waals surface area contributed by atoms with Crippen LogP contribution in [0.25, 0.3) is 11.0 Å².